The van der Waals surface area contributed by atoms with Gasteiger partial charge in [-0.05, 0) is 49.6 Å². The first kappa shape index (κ1) is 21.2. The van der Waals surface area contributed by atoms with E-state index in [9.17, 15) is 25.0 Å². The predicted molar refractivity (Wildman–Crippen MR) is 116 cm³/mol. The van der Waals surface area contributed by atoms with Gasteiger partial charge in [0.25, 0.3) is 17.5 Å². The van der Waals surface area contributed by atoms with Crippen LogP contribution < -0.4 is 0 Å². The van der Waals surface area contributed by atoms with Gasteiger partial charge in [-0.2, -0.15) is 5.26 Å². The number of hydrogen-bond acceptors (Lipinski definition) is 6. The summed E-state index contributed by atoms with van der Waals surface area (Å²) >= 11 is 0. The average molecular weight is 431 g/mol. The molecule has 1 saturated carbocycles. The first-order chi connectivity index (χ1) is 15.4. The highest BCUT2D eigenvalue weighted by Gasteiger charge is 2.40. The number of amides is 2. The predicted octanol–water partition coefficient (Wildman–Crippen LogP) is 4.78. The maximum absolute atomic E-state index is 13.3. The summed E-state index contributed by atoms with van der Waals surface area (Å²) in [5, 5.41) is 20.9. The van der Waals surface area contributed by atoms with E-state index in [1.54, 1.807) is 37.3 Å². The molecule has 0 spiro atoms. The molecule has 0 atom stereocenters. The molecule has 2 aromatic rings. The molecule has 2 heterocycles. The number of benzene rings is 1. The molecule has 162 valence electrons. The van der Waals surface area contributed by atoms with Gasteiger partial charge < -0.3 is 4.42 Å². The van der Waals surface area contributed by atoms with E-state index in [-0.39, 0.29) is 28.6 Å². The number of carbonyl (C=O) groups is 2. The quantitative estimate of drug-likeness (QED) is 0.298. The van der Waals surface area contributed by atoms with E-state index in [1.165, 1.54) is 17.0 Å². The fourth-order valence-corrected chi connectivity index (χ4v) is 4.33. The van der Waals surface area contributed by atoms with E-state index < -0.39 is 16.7 Å². The molecule has 1 aromatic carbocycles. The highest BCUT2D eigenvalue weighted by atomic mass is 16.6. The number of carbonyl (C=O) groups excluding carboxylic acids is 2. The molecule has 8 nitrogen and oxygen atoms in total. The number of para-hydroxylation sites is 1. The standard InChI is InChI=1S/C24H21N3O5/c1-15-19(23(28)26(24(29)20(15)14-25)16-7-3-2-4-8-16)13-17-11-12-22(32-17)18-9-5-6-10-21(18)27(30)31/h5-6,9-13,16H,2-4,7-8H2,1H3/b19-13+. The Morgan fingerprint density at radius 1 is 1.12 bits per heavy atom. The van der Waals surface area contributed by atoms with Crippen molar-refractivity contribution in [2.75, 3.05) is 0 Å². The van der Waals surface area contributed by atoms with Crippen LogP contribution in [0.3, 0.4) is 0 Å². The number of furan rings is 1. The monoisotopic (exact) mass is 431 g/mol. The molecule has 32 heavy (non-hydrogen) atoms. The third-order valence-electron chi connectivity index (χ3n) is 5.99. The fraction of sp³-hybridized carbons (Fsp3) is 0.292. The Morgan fingerprint density at radius 3 is 2.53 bits per heavy atom. The SMILES string of the molecule is CC1=C(C#N)C(=O)N(C2CCCCC2)C(=O)/C1=C/c1ccc(-c2ccccc2[N+](=O)[O-])o1. The van der Waals surface area contributed by atoms with Gasteiger partial charge in [-0.15, -0.1) is 0 Å². The van der Waals surface area contributed by atoms with Gasteiger partial charge in [-0.25, -0.2) is 0 Å². The summed E-state index contributed by atoms with van der Waals surface area (Å²) in [6.45, 7) is 1.57. The zero-order valence-corrected chi connectivity index (χ0v) is 17.5. The van der Waals surface area contributed by atoms with Gasteiger partial charge in [0.1, 0.15) is 23.2 Å². The lowest BCUT2D eigenvalue weighted by atomic mass is 9.89. The Bertz CT molecular complexity index is 1210. The lowest BCUT2D eigenvalue weighted by Crippen LogP contribution is -2.49. The van der Waals surface area contributed by atoms with Gasteiger partial charge in [0.15, 0.2) is 0 Å². The highest BCUT2D eigenvalue weighted by molar-refractivity contribution is 6.19. The van der Waals surface area contributed by atoms with Crippen LogP contribution in [0.25, 0.3) is 17.4 Å². The Labute approximate surface area is 184 Å². The number of imide groups is 1. The normalized spacial score (nSPS) is 18.9. The van der Waals surface area contributed by atoms with E-state index in [0.717, 1.165) is 32.1 Å². The molecule has 0 saturated heterocycles. The molecule has 2 amide bonds. The summed E-state index contributed by atoms with van der Waals surface area (Å²) < 4.78 is 5.79. The molecular weight excluding hydrogens is 410 g/mol. The molecule has 4 rings (SSSR count). The largest absolute Gasteiger partial charge is 0.456 e. The second-order valence-corrected chi connectivity index (χ2v) is 7.92. The molecule has 0 radical (unpaired) electrons. The van der Waals surface area contributed by atoms with Crippen molar-refractivity contribution >= 4 is 23.6 Å². The molecule has 1 aliphatic carbocycles. The van der Waals surface area contributed by atoms with Crippen LogP contribution in [0.4, 0.5) is 5.69 Å². The van der Waals surface area contributed by atoms with Gasteiger partial charge in [0, 0.05) is 17.7 Å². The van der Waals surface area contributed by atoms with Gasteiger partial charge in [0.2, 0.25) is 0 Å². The summed E-state index contributed by atoms with van der Waals surface area (Å²) in [4.78, 5) is 38.2. The second kappa shape index (κ2) is 8.63. The minimum atomic E-state index is -0.543. The number of nitrogens with zero attached hydrogens (tertiary/aromatic N) is 3. The summed E-state index contributed by atoms with van der Waals surface area (Å²) in [6, 6.07) is 11.1. The zero-order chi connectivity index (χ0) is 22.8. The molecule has 1 fully saturated rings. The zero-order valence-electron chi connectivity index (χ0n) is 17.5. The molecule has 0 unspecified atom stereocenters. The summed E-state index contributed by atoms with van der Waals surface area (Å²) in [5.74, 6) is -0.396. The Morgan fingerprint density at radius 2 is 1.84 bits per heavy atom. The van der Waals surface area contributed by atoms with Crippen molar-refractivity contribution < 1.29 is 18.9 Å². The van der Waals surface area contributed by atoms with E-state index in [1.807, 2.05) is 6.07 Å². The third kappa shape index (κ3) is 3.73. The van der Waals surface area contributed by atoms with Crippen molar-refractivity contribution in [1.82, 2.24) is 4.90 Å². The molecule has 1 aromatic heterocycles. The second-order valence-electron chi connectivity index (χ2n) is 7.92. The third-order valence-corrected chi connectivity index (χ3v) is 5.99. The summed E-state index contributed by atoms with van der Waals surface area (Å²) in [5.41, 5.74) is 0.702. The van der Waals surface area contributed by atoms with E-state index in [2.05, 4.69) is 0 Å². The summed E-state index contributed by atoms with van der Waals surface area (Å²) in [6.07, 6.45) is 5.88. The lowest BCUT2D eigenvalue weighted by Gasteiger charge is -2.36. The van der Waals surface area contributed by atoms with E-state index in [4.69, 9.17) is 4.42 Å². The first-order valence-corrected chi connectivity index (χ1v) is 10.5. The van der Waals surface area contributed by atoms with Crippen LogP contribution in [-0.2, 0) is 9.59 Å². The van der Waals surface area contributed by atoms with Crippen LogP contribution >= 0.6 is 0 Å². The Hall–Kier alpha value is -3.99. The van der Waals surface area contributed by atoms with Crippen LogP contribution in [0.15, 0.2) is 57.5 Å². The summed E-state index contributed by atoms with van der Waals surface area (Å²) in [7, 11) is 0. The molecule has 0 bridgehead atoms. The van der Waals surface area contributed by atoms with Gasteiger partial charge >= 0.3 is 0 Å². The van der Waals surface area contributed by atoms with Crippen molar-refractivity contribution in [3.05, 3.63) is 69.0 Å². The number of nitriles is 1. The molecular formula is C24H21N3O5. The Balaban J connectivity index is 1.74. The smallest absolute Gasteiger partial charge is 0.280 e. The van der Waals surface area contributed by atoms with Gasteiger partial charge in [0.05, 0.1) is 10.5 Å². The fourth-order valence-electron chi connectivity index (χ4n) is 4.33. The van der Waals surface area contributed by atoms with Crippen molar-refractivity contribution in [3.8, 4) is 17.4 Å². The van der Waals surface area contributed by atoms with Crippen LogP contribution in [0.1, 0.15) is 44.8 Å². The molecule has 2 aliphatic rings. The van der Waals surface area contributed by atoms with Crippen LogP contribution in [-0.4, -0.2) is 27.7 Å². The number of nitro groups is 1. The van der Waals surface area contributed by atoms with Crippen molar-refractivity contribution in [3.63, 3.8) is 0 Å². The van der Waals surface area contributed by atoms with E-state index >= 15 is 0 Å². The van der Waals surface area contributed by atoms with Gasteiger partial charge in [-0.3, -0.25) is 24.6 Å². The van der Waals surface area contributed by atoms with Crippen LogP contribution in [0, 0.1) is 21.4 Å². The molecule has 8 heteroatoms. The maximum Gasteiger partial charge on any atom is 0.280 e. The first-order valence-electron chi connectivity index (χ1n) is 10.5. The number of hydrogen-bond donors (Lipinski definition) is 0. The van der Waals surface area contributed by atoms with Crippen LogP contribution in [0.5, 0.6) is 0 Å². The van der Waals surface area contributed by atoms with Gasteiger partial charge in [-0.1, -0.05) is 31.4 Å². The highest BCUT2D eigenvalue weighted by Crippen LogP contribution is 2.34. The topological polar surface area (TPSA) is 117 Å². The van der Waals surface area contributed by atoms with E-state index in [0.29, 0.717) is 16.9 Å². The van der Waals surface area contributed by atoms with Crippen molar-refractivity contribution in [1.29, 1.82) is 5.26 Å². The molecule has 0 N–H and O–H groups in total. The lowest BCUT2D eigenvalue weighted by molar-refractivity contribution is -0.384. The van der Waals surface area contributed by atoms with Crippen molar-refractivity contribution in [2.45, 2.75) is 45.1 Å². The molecule has 1 aliphatic heterocycles. The minimum absolute atomic E-state index is 0.0492. The number of rotatable bonds is 4. The maximum atomic E-state index is 13.3. The Kier molecular flexibility index (Phi) is 5.73. The minimum Gasteiger partial charge on any atom is -0.456 e. The van der Waals surface area contributed by atoms with Crippen LogP contribution in [0.2, 0.25) is 0 Å². The number of nitro benzene ring substituents is 1. The average Bonchev–Trinajstić information content (AvgIpc) is 3.26. The van der Waals surface area contributed by atoms with Crippen molar-refractivity contribution in [2.24, 2.45) is 0 Å².